The molecule has 2 nitrogen and oxygen atoms in total. The third-order valence-corrected chi connectivity index (χ3v) is 3.69. The molecule has 0 heterocycles. The highest BCUT2D eigenvalue weighted by Gasteiger charge is 2.15. The van der Waals surface area contributed by atoms with Gasteiger partial charge in [0.25, 0.3) is 0 Å². The fourth-order valence-electron chi connectivity index (χ4n) is 1.56. The summed E-state index contributed by atoms with van der Waals surface area (Å²) in [7, 11) is 0. The van der Waals surface area contributed by atoms with Crippen LogP contribution in [-0.4, -0.2) is 16.5 Å². The highest BCUT2D eigenvalue weighted by molar-refractivity contribution is 7.99. The summed E-state index contributed by atoms with van der Waals surface area (Å²) in [6.07, 6.45) is 1.84. The van der Waals surface area contributed by atoms with Gasteiger partial charge in [0, 0.05) is 10.8 Å². The van der Waals surface area contributed by atoms with Crippen LogP contribution in [0.1, 0.15) is 0 Å². The number of thiol groups is 1. The van der Waals surface area contributed by atoms with Gasteiger partial charge in [0.05, 0.1) is 9.79 Å². The molecule has 0 saturated heterocycles. The Labute approximate surface area is 97.3 Å². The summed E-state index contributed by atoms with van der Waals surface area (Å²) < 4.78 is 0. The van der Waals surface area contributed by atoms with Crippen LogP contribution in [0, 0.1) is 0 Å². The van der Waals surface area contributed by atoms with E-state index in [2.05, 4.69) is 12.6 Å². The molecule has 2 rings (SSSR count). The average Bonchev–Trinajstić information content (AvgIpc) is 2.27. The molecule has 0 aliphatic rings. The van der Waals surface area contributed by atoms with Gasteiger partial charge in [0.1, 0.15) is 11.5 Å². The van der Waals surface area contributed by atoms with Crippen LogP contribution < -0.4 is 0 Å². The maximum Gasteiger partial charge on any atom is 0.138 e. The van der Waals surface area contributed by atoms with Crippen molar-refractivity contribution in [3.63, 3.8) is 0 Å². The number of hydrogen-bond donors (Lipinski definition) is 3. The van der Waals surface area contributed by atoms with E-state index >= 15 is 0 Å². The zero-order chi connectivity index (χ0) is 11.0. The van der Waals surface area contributed by atoms with Crippen molar-refractivity contribution < 1.29 is 10.2 Å². The number of aromatic hydroxyl groups is 2. The van der Waals surface area contributed by atoms with Crippen LogP contribution in [0.15, 0.2) is 34.1 Å². The molecular formula is C11H10O2S2. The zero-order valence-corrected chi connectivity index (χ0v) is 9.77. The fourth-order valence-corrected chi connectivity index (χ4v) is 2.65. The first kappa shape index (κ1) is 10.5. The highest BCUT2D eigenvalue weighted by atomic mass is 32.2. The summed E-state index contributed by atoms with van der Waals surface area (Å²) in [5.74, 6) is 0.303. The van der Waals surface area contributed by atoms with E-state index in [0.29, 0.717) is 20.6 Å². The molecule has 0 unspecified atom stereocenters. The standard InChI is InChI=1S/C11H10O2S2/c1-15-11-9(13)7-5-3-2-4-6(7)8(12)10(11)14/h2-5,12-14H,1H3. The fraction of sp³-hybridized carbons (Fsp3) is 0.0909. The number of benzene rings is 2. The molecule has 0 fully saturated rings. The summed E-state index contributed by atoms with van der Waals surface area (Å²) in [5, 5.41) is 21.1. The Morgan fingerprint density at radius 3 is 2.13 bits per heavy atom. The smallest absolute Gasteiger partial charge is 0.138 e. The van der Waals surface area contributed by atoms with Gasteiger partial charge < -0.3 is 10.2 Å². The minimum absolute atomic E-state index is 0.121. The van der Waals surface area contributed by atoms with Crippen LogP contribution in [-0.2, 0) is 0 Å². The molecule has 0 radical (unpaired) electrons. The minimum Gasteiger partial charge on any atom is -0.506 e. The summed E-state index contributed by atoms with van der Waals surface area (Å²) in [4.78, 5) is 1.04. The number of phenolic OH excluding ortho intramolecular Hbond substituents is 2. The second kappa shape index (κ2) is 3.87. The first-order chi connectivity index (χ1) is 7.16. The Morgan fingerprint density at radius 2 is 1.60 bits per heavy atom. The number of rotatable bonds is 1. The molecule has 0 atom stereocenters. The lowest BCUT2D eigenvalue weighted by atomic mass is 10.1. The summed E-state index contributed by atoms with van der Waals surface area (Å²) >= 11 is 5.57. The van der Waals surface area contributed by atoms with Crippen LogP contribution in [0.5, 0.6) is 11.5 Å². The first-order valence-electron chi connectivity index (χ1n) is 4.36. The van der Waals surface area contributed by atoms with E-state index in [-0.39, 0.29) is 11.5 Å². The van der Waals surface area contributed by atoms with Gasteiger partial charge in [-0.15, -0.1) is 24.4 Å². The van der Waals surface area contributed by atoms with Gasteiger partial charge in [-0.3, -0.25) is 0 Å². The molecule has 2 aromatic carbocycles. The van der Waals surface area contributed by atoms with Gasteiger partial charge in [0.15, 0.2) is 0 Å². The van der Waals surface area contributed by atoms with Gasteiger partial charge in [-0.05, 0) is 6.26 Å². The van der Waals surface area contributed by atoms with Gasteiger partial charge >= 0.3 is 0 Å². The molecule has 0 aliphatic heterocycles. The van der Waals surface area contributed by atoms with E-state index in [4.69, 9.17) is 0 Å². The van der Waals surface area contributed by atoms with E-state index in [0.717, 1.165) is 0 Å². The van der Waals surface area contributed by atoms with Crippen LogP contribution in [0.25, 0.3) is 10.8 Å². The Bertz CT molecular complexity index is 523. The largest absolute Gasteiger partial charge is 0.506 e. The number of phenols is 2. The van der Waals surface area contributed by atoms with Crippen molar-refractivity contribution in [1.29, 1.82) is 0 Å². The summed E-state index contributed by atoms with van der Waals surface area (Å²) in [6, 6.07) is 7.17. The molecule has 15 heavy (non-hydrogen) atoms. The van der Waals surface area contributed by atoms with Gasteiger partial charge in [-0.25, -0.2) is 0 Å². The molecule has 2 N–H and O–H groups in total. The third-order valence-electron chi connectivity index (χ3n) is 2.30. The second-order valence-corrected chi connectivity index (χ2v) is 4.39. The molecule has 0 aliphatic carbocycles. The van der Waals surface area contributed by atoms with Crippen molar-refractivity contribution in [3.8, 4) is 11.5 Å². The summed E-state index contributed by atoms with van der Waals surface area (Å²) in [5.41, 5.74) is 0. The van der Waals surface area contributed by atoms with Crippen molar-refractivity contribution in [2.45, 2.75) is 9.79 Å². The number of thioether (sulfide) groups is 1. The van der Waals surface area contributed by atoms with E-state index in [1.54, 1.807) is 12.1 Å². The predicted octanol–water partition coefficient (Wildman–Crippen LogP) is 3.26. The second-order valence-electron chi connectivity index (χ2n) is 3.12. The topological polar surface area (TPSA) is 40.5 Å². The van der Waals surface area contributed by atoms with Crippen molar-refractivity contribution in [3.05, 3.63) is 24.3 Å². The quantitative estimate of drug-likeness (QED) is 0.406. The van der Waals surface area contributed by atoms with Crippen LogP contribution in [0.3, 0.4) is 0 Å². The summed E-state index contributed by atoms with van der Waals surface area (Å²) in [6.45, 7) is 0. The molecule has 0 aromatic heterocycles. The molecule has 0 bridgehead atoms. The Morgan fingerprint density at radius 1 is 1.07 bits per heavy atom. The SMILES string of the molecule is CSc1c(S)c(O)c2ccccc2c1O. The molecule has 78 valence electrons. The molecule has 0 saturated carbocycles. The lowest BCUT2D eigenvalue weighted by Crippen LogP contribution is -1.82. The predicted molar refractivity (Wildman–Crippen MR) is 66.3 cm³/mol. The van der Waals surface area contributed by atoms with Gasteiger partial charge in [-0.1, -0.05) is 24.3 Å². The van der Waals surface area contributed by atoms with E-state index in [9.17, 15) is 10.2 Å². The van der Waals surface area contributed by atoms with Crippen LogP contribution in [0.4, 0.5) is 0 Å². The van der Waals surface area contributed by atoms with Crippen molar-refractivity contribution in [1.82, 2.24) is 0 Å². The maximum atomic E-state index is 9.97. The van der Waals surface area contributed by atoms with E-state index < -0.39 is 0 Å². The highest BCUT2D eigenvalue weighted by Crippen LogP contribution is 2.45. The molecular weight excluding hydrogens is 228 g/mol. The van der Waals surface area contributed by atoms with Gasteiger partial charge in [0.2, 0.25) is 0 Å². The third kappa shape index (κ3) is 1.54. The molecule has 2 aromatic rings. The van der Waals surface area contributed by atoms with E-state index in [1.165, 1.54) is 11.8 Å². The monoisotopic (exact) mass is 238 g/mol. The number of fused-ring (bicyclic) bond motifs is 1. The van der Waals surface area contributed by atoms with Crippen LogP contribution >= 0.6 is 24.4 Å². The van der Waals surface area contributed by atoms with Crippen molar-refractivity contribution in [2.24, 2.45) is 0 Å². The minimum atomic E-state index is 0.121. The van der Waals surface area contributed by atoms with Crippen LogP contribution in [0.2, 0.25) is 0 Å². The molecule has 0 amide bonds. The van der Waals surface area contributed by atoms with Gasteiger partial charge in [-0.2, -0.15) is 0 Å². The molecule has 0 spiro atoms. The normalized spacial score (nSPS) is 10.8. The Hall–Kier alpha value is -1.00. The lowest BCUT2D eigenvalue weighted by molar-refractivity contribution is 0.446. The van der Waals surface area contributed by atoms with E-state index in [1.807, 2.05) is 18.4 Å². The Balaban J connectivity index is 2.96. The van der Waals surface area contributed by atoms with Crippen molar-refractivity contribution >= 4 is 35.2 Å². The average molecular weight is 238 g/mol. The zero-order valence-electron chi connectivity index (χ0n) is 8.06. The van der Waals surface area contributed by atoms with Crippen molar-refractivity contribution in [2.75, 3.05) is 6.26 Å². The first-order valence-corrected chi connectivity index (χ1v) is 6.03. The lowest BCUT2D eigenvalue weighted by Gasteiger charge is -2.11. The Kier molecular flexibility index (Phi) is 2.71. The number of hydrogen-bond acceptors (Lipinski definition) is 4. The maximum absolute atomic E-state index is 9.97. The molecule has 4 heteroatoms.